The number of rotatable bonds is 3. The van der Waals surface area contributed by atoms with Crippen molar-refractivity contribution in [2.24, 2.45) is 0 Å². The molecule has 0 amide bonds. The maximum atomic E-state index is 13.2. The summed E-state index contributed by atoms with van der Waals surface area (Å²) < 4.78 is 31.2. The summed E-state index contributed by atoms with van der Waals surface area (Å²) in [6.45, 7) is 0.0795. The van der Waals surface area contributed by atoms with E-state index in [-0.39, 0.29) is 12.4 Å². The average molecular weight is 219 g/mol. The van der Waals surface area contributed by atoms with Gasteiger partial charge in [-0.15, -0.1) is 0 Å². The Balaban J connectivity index is 2.05. The van der Waals surface area contributed by atoms with E-state index in [0.29, 0.717) is 11.3 Å². The number of hydrogen-bond donors (Lipinski definition) is 0. The maximum absolute atomic E-state index is 13.2. The topological polar surface area (TPSA) is 9.23 Å². The quantitative estimate of drug-likeness (QED) is 0.769. The molecule has 0 aliphatic rings. The molecule has 0 aromatic heterocycles. The minimum Gasteiger partial charge on any atom is -0.489 e. The van der Waals surface area contributed by atoms with Crippen LogP contribution in [0.2, 0.25) is 0 Å². The first-order valence-corrected chi connectivity index (χ1v) is 4.79. The molecule has 0 saturated carbocycles. The molecule has 1 radical (unpaired) electrons. The van der Waals surface area contributed by atoms with Crippen molar-refractivity contribution < 1.29 is 13.5 Å². The lowest BCUT2D eigenvalue weighted by Crippen LogP contribution is -1.98. The zero-order chi connectivity index (χ0) is 11.4. The van der Waals surface area contributed by atoms with Gasteiger partial charge >= 0.3 is 0 Å². The molecule has 0 N–H and O–H groups in total. The number of halogens is 2. The van der Waals surface area contributed by atoms with Gasteiger partial charge in [-0.1, -0.05) is 18.2 Å². The summed E-state index contributed by atoms with van der Waals surface area (Å²) in [6.07, 6.45) is 0. The molecular weight excluding hydrogens is 210 g/mol. The van der Waals surface area contributed by atoms with Crippen LogP contribution >= 0.6 is 0 Å². The van der Waals surface area contributed by atoms with E-state index in [1.54, 1.807) is 24.3 Å². The highest BCUT2D eigenvalue weighted by Gasteiger charge is 2.02. The lowest BCUT2D eigenvalue weighted by atomic mass is 10.2. The van der Waals surface area contributed by atoms with Crippen LogP contribution in [0.4, 0.5) is 8.78 Å². The van der Waals surface area contributed by atoms with Crippen molar-refractivity contribution in [2.45, 2.75) is 6.61 Å². The lowest BCUT2D eigenvalue weighted by Gasteiger charge is -2.06. The van der Waals surface area contributed by atoms with Crippen molar-refractivity contribution in [3.05, 3.63) is 65.7 Å². The van der Waals surface area contributed by atoms with Crippen LogP contribution in [0.1, 0.15) is 5.56 Å². The predicted molar refractivity (Wildman–Crippen MR) is 56.0 cm³/mol. The van der Waals surface area contributed by atoms with E-state index in [4.69, 9.17) is 4.74 Å². The maximum Gasteiger partial charge on any atom is 0.134 e. The van der Waals surface area contributed by atoms with Gasteiger partial charge in [0.15, 0.2) is 0 Å². The zero-order valence-corrected chi connectivity index (χ0v) is 8.41. The Morgan fingerprint density at radius 3 is 2.69 bits per heavy atom. The molecule has 0 heterocycles. The van der Waals surface area contributed by atoms with Gasteiger partial charge < -0.3 is 4.74 Å². The molecule has 3 heteroatoms. The van der Waals surface area contributed by atoms with E-state index in [0.717, 1.165) is 0 Å². The highest BCUT2D eigenvalue weighted by atomic mass is 19.1. The number of hydrogen-bond acceptors (Lipinski definition) is 1. The summed E-state index contributed by atoms with van der Waals surface area (Å²) in [5.74, 6) is -0.462. The smallest absolute Gasteiger partial charge is 0.134 e. The second-order valence-corrected chi connectivity index (χ2v) is 3.25. The van der Waals surface area contributed by atoms with Gasteiger partial charge in [-0.05, 0) is 18.2 Å². The Kier molecular flexibility index (Phi) is 3.15. The van der Waals surface area contributed by atoms with E-state index in [9.17, 15) is 8.78 Å². The van der Waals surface area contributed by atoms with E-state index in [2.05, 4.69) is 6.07 Å². The molecule has 16 heavy (non-hydrogen) atoms. The zero-order valence-electron chi connectivity index (χ0n) is 8.41. The molecule has 2 aromatic carbocycles. The summed E-state index contributed by atoms with van der Waals surface area (Å²) >= 11 is 0. The van der Waals surface area contributed by atoms with E-state index in [1.807, 2.05) is 0 Å². The molecule has 0 atom stereocenters. The standard InChI is InChI=1S/C13H9F2O/c14-11-5-3-6-12(8-11)16-9-10-4-1-2-7-13(10)15/h1-4,6-8H,9H2. The lowest BCUT2D eigenvalue weighted by molar-refractivity contribution is 0.298. The first-order valence-electron chi connectivity index (χ1n) is 4.79. The number of ether oxygens (including phenoxy) is 1. The van der Waals surface area contributed by atoms with Crippen LogP contribution in [0.25, 0.3) is 0 Å². The van der Waals surface area contributed by atoms with Crippen LogP contribution in [0.3, 0.4) is 0 Å². The second kappa shape index (κ2) is 4.75. The predicted octanol–water partition coefficient (Wildman–Crippen LogP) is 3.34. The SMILES string of the molecule is Fc1[c]ccc(OCc2ccccc2F)c1. The molecule has 2 rings (SSSR count). The Labute approximate surface area is 92.3 Å². The monoisotopic (exact) mass is 219 g/mol. The van der Waals surface area contributed by atoms with Crippen molar-refractivity contribution >= 4 is 0 Å². The van der Waals surface area contributed by atoms with Crippen molar-refractivity contribution in [1.82, 2.24) is 0 Å². The fourth-order valence-corrected chi connectivity index (χ4v) is 1.28. The molecule has 0 spiro atoms. The summed E-state index contributed by atoms with van der Waals surface area (Å²) in [4.78, 5) is 0. The van der Waals surface area contributed by atoms with Gasteiger partial charge in [-0.25, -0.2) is 8.78 Å². The third kappa shape index (κ3) is 2.57. The summed E-state index contributed by atoms with van der Waals surface area (Å²) in [5, 5.41) is 0. The van der Waals surface area contributed by atoms with Crippen molar-refractivity contribution in [3.63, 3.8) is 0 Å². The Morgan fingerprint density at radius 2 is 1.94 bits per heavy atom. The van der Waals surface area contributed by atoms with Gasteiger partial charge in [0.05, 0.1) is 0 Å². The minimum atomic E-state index is -0.494. The van der Waals surface area contributed by atoms with Crippen LogP contribution in [-0.4, -0.2) is 0 Å². The van der Waals surface area contributed by atoms with Crippen LogP contribution in [-0.2, 0) is 6.61 Å². The van der Waals surface area contributed by atoms with E-state index in [1.165, 1.54) is 18.2 Å². The van der Waals surface area contributed by atoms with Gasteiger partial charge in [0.1, 0.15) is 24.0 Å². The summed E-state index contributed by atoms with van der Waals surface area (Å²) in [7, 11) is 0. The third-order valence-electron chi connectivity index (χ3n) is 2.09. The van der Waals surface area contributed by atoms with Crippen LogP contribution < -0.4 is 4.74 Å². The van der Waals surface area contributed by atoms with Crippen molar-refractivity contribution in [3.8, 4) is 5.75 Å². The summed E-state index contributed by atoms with van der Waals surface area (Å²) in [5.41, 5.74) is 0.441. The molecule has 0 saturated heterocycles. The van der Waals surface area contributed by atoms with Crippen LogP contribution in [0, 0.1) is 17.7 Å². The first kappa shape index (κ1) is 10.6. The highest BCUT2D eigenvalue weighted by molar-refractivity contribution is 5.23. The van der Waals surface area contributed by atoms with Crippen molar-refractivity contribution in [1.29, 1.82) is 0 Å². The Morgan fingerprint density at radius 1 is 1.12 bits per heavy atom. The Hall–Kier alpha value is -1.90. The molecule has 2 aromatic rings. The minimum absolute atomic E-state index is 0.0795. The molecule has 0 aliphatic carbocycles. The number of benzene rings is 2. The van der Waals surface area contributed by atoms with Gasteiger partial charge in [-0.2, -0.15) is 0 Å². The summed E-state index contributed by atoms with van der Waals surface area (Å²) in [6, 6.07) is 12.9. The second-order valence-electron chi connectivity index (χ2n) is 3.25. The van der Waals surface area contributed by atoms with Crippen LogP contribution in [0.15, 0.2) is 42.5 Å². The molecule has 0 fully saturated rings. The molecule has 81 valence electrons. The van der Waals surface area contributed by atoms with Gasteiger partial charge in [0, 0.05) is 17.7 Å². The average Bonchev–Trinajstić information content (AvgIpc) is 2.28. The van der Waals surface area contributed by atoms with Gasteiger partial charge in [0.25, 0.3) is 0 Å². The first-order chi connectivity index (χ1) is 7.75. The third-order valence-corrected chi connectivity index (χ3v) is 2.09. The van der Waals surface area contributed by atoms with E-state index < -0.39 is 5.82 Å². The highest BCUT2D eigenvalue weighted by Crippen LogP contribution is 2.15. The van der Waals surface area contributed by atoms with Gasteiger partial charge in [0.2, 0.25) is 0 Å². The fraction of sp³-hybridized carbons (Fsp3) is 0.0769. The van der Waals surface area contributed by atoms with Crippen LogP contribution in [0.5, 0.6) is 5.75 Å². The largest absolute Gasteiger partial charge is 0.489 e. The molecular formula is C13H9F2O. The molecule has 0 bridgehead atoms. The molecule has 0 aliphatic heterocycles. The fourth-order valence-electron chi connectivity index (χ4n) is 1.28. The van der Waals surface area contributed by atoms with Gasteiger partial charge in [-0.3, -0.25) is 0 Å². The molecule has 1 nitrogen and oxygen atoms in total. The Bertz CT molecular complexity index is 483. The van der Waals surface area contributed by atoms with E-state index >= 15 is 0 Å². The molecule has 0 unspecified atom stereocenters. The van der Waals surface area contributed by atoms with Crippen molar-refractivity contribution in [2.75, 3.05) is 0 Å². The normalized spacial score (nSPS) is 10.1.